The second-order valence-electron chi connectivity index (χ2n) is 9.81. The molecule has 3 rings (SSSR count). The largest absolute Gasteiger partial charge is 0.462 e. The van der Waals surface area contributed by atoms with Gasteiger partial charge in [0.05, 0.1) is 29.0 Å². The maximum Gasteiger partial charge on any atom is 0.320 e. The molecule has 2 saturated heterocycles. The lowest BCUT2D eigenvalue weighted by Gasteiger charge is -2.24. The van der Waals surface area contributed by atoms with Crippen LogP contribution in [0, 0.1) is 11.8 Å². The van der Waals surface area contributed by atoms with E-state index in [9.17, 15) is 18.0 Å². The van der Waals surface area contributed by atoms with E-state index in [4.69, 9.17) is 18.9 Å². The normalized spacial score (nSPS) is 29.6. The van der Waals surface area contributed by atoms with Crippen LogP contribution < -0.4 is 0 Å². The van der Waals surface area contributed by atoms with E-state index < -0.39 is 63.6 Å². The van der Waals surface area contributed by atoms with Crippen LogP contribution in [0.5, 0.6) is 0 Å². The van der Waals surface area contributed by atoms with E-state index in [-0.39, 0.29) is 17.1 Å². The van der Waals surface area contributed by atoms with Gasteiger partial charge in [-0.2, -0.15) is 0 Å². The van der Waals surface area contributed by atoms with Crippen LogP contribution in [0.2, 0.25) is 0 Å². The lowest BCUT2D eigenvalue weighted by atomic mass is 9.93. The average Bonchev–Trinajstić information content (AvgIpc) is 3.27. The van der Waals surface area contributed by atoms with Crippen molar-refractivity contribution in [3.8, 4) is 0 Å². The van der Waals surface area contributed by atoms with Crippen molar-refractivity contribution in [3.05, 3.63) is 43.0 Å². The van der Waals surface area contributed by atoms with Gasteiger partial charge in [-0.25, -0.2) is 8.42 Å². The highest BCUT2D eigenvalue weighted by Crippen LogP contribution is 2.38. The first kappa shape index (κ1) is 26.4. The Morgan fingerprint density at radius 1 is 1.21 bits per heavy atom. The van der Waals surface area contributed by atoms with Gasteiger partial charge in [-0.15, -0.1) is 6.58 Å². The number of cyclic esters (lactones) is 1. The molecule has 2 aliphatic rings. The number of benzene rings is 1. The Hall–Kier alpha value is -2.23. The molecule has 2 heterocycles. The van der Waals surface area contributed by atoms with E-state index in [1.807, 2.05) is 0 Å². The van der Waals surface area contributed by atoms with Crippen molar-refractivity contribution < 1.29 is 37.0 Å². The summed E-state index contributed by atoms with van der Waals surface area (Å²) >= 11 is 0. The van der Waals surface area contributed by atoms with Gasteiger partial charge in [-0.3, -0.25) is 9.59 Å². The highest BCUT2D eigenvalue weighted by Gasteiger charge is 2.49. The highest BCUT2D eigenvalue weighted by molar-refractivity contribution is 7.91. The number of carbonyl (C=O) groups excluding carboxylic acids is 2. The van der Waals surface area contributed by atoms with Crippen molar-refractivity contribution in [2.45, 2.75) is 74.9 Å². The zero-order valence-electron chi connectivity index (χ0n) is 20.1. The lowest BCUT2D eigenvalue weighted by molar-refractivity contribution is -0.164. The van der Waals surface area contributed by atoms with Gasteiger partial charge in [0, 0.05) is 25.9 Å². The van der Waals surface area contributed by atoms with Crippen molar-refractivity contribution in [2.75, 3.05) is 12.9 Å². The van der Waals surface area contributed by atoms with Crippen LogP contribution in [-0.4, -0.2) is 63.2 Å². The number of carbonyl (C=O) groups is 2. The molecule has 0 spiro atoms. The monoisotopic (exact) mass is 494 g/mol. The fourth-order valence-electron chi connectivity index (χ4n) is 4.60. The quantitative estimate of drug-likeness (QED) is 0.293. The van der Waals surface area contributed by atoms with Gasteiger partial charge in [0.15, 0.2) is 15.8 Å². The van der Waals surface area contributed by atoms with Crippen molar-refractivity contribution in [1.82, 2.24) is 0 Å². The number of sulfone groups is 1. The molecule has 2 fully saturated rings. The number of esters is 2. The molecule has 0 aliphatic carbocycles. The number of methoxy groups -OCH3 is 1. The minimum absolute atomic E-state index is 0.143. The summed E-state index contributed by atoms with van der Waals surface area (Å²) < 4.78 is 48.9. The molecule has 0 aromatic heterocycles. The van der Waals surface area contributed by atoms with Crippen LogP contribution in [0.1, 0.15) is 40.0 Å². The molecule has 9 heteroatoms. The predicted molar refractivity (Wildman–Crippen MR) is 125 cm³/mol. The third-order valence-electron chi connectivity index (χ3n) is 6.05. The average molecular weight is 495 g/mol. The van der Waals surface area contributed by atoms with Gasteiger partial charge in [0.1, 0.15) is 11.7 Å². The number of rotatable bonds is 9. The van der Waals surface area contributed by atoms with Crippen LogP contribution in [0.4, 0.5) is 0 Å². The first-order valence-electron chi connectivity index (χ1n) is 11.5. The minimum atomic E-state index is -3.58. The maximum absolute atomic E-state index is 13.1. The number of hydrogen-bond acceptors (Lipinski definition) is 8. The van der Waals surface area contributed by atoms with Crippen LogP contribution in [0.25, 0.3) is 0 Å². The molecule has 2 aliphatic heterocycles. The molecule has 1 aromatic rings. The standard InChI is InChI=1S/C25H34O8S/c1-6-10-20-19(15-34(28,29)17-11-8-7-9-12-17)22(30-5)21(32-20)14-16-13-18(23(26)31-16)24(27)33-25(2,3)4/h6-9,11-12,16,18-22H,1,10,13-15H2,2-5H3/t16-,18?,19+,20+,21-,22-/m1/s1. The smallest absolute Gasteiger partial charge is 0.320 e. The Morgan fingerprint density at radius 3 is 2.47 bits per heavy atom. The van der Waals surface area contributed by atoms with Gasteiger partial charge in [-0.05, 0) is 39.3 Å². The molecule has 1 unspecified atom stereocenters. The fraction of sp³-hybridized carbons (Fsp3) is 0.600. The summed E-state index contributed by atoms with van der Waals surface area (Å²) in [6.07, 6.45) is 0.629. The summed E-state index contributed by atoms with van der Waals surface area (Å²) in [7, 11) is -2.06. The molecular formula is C25H34O8S. The predicted octanol–water partition coefficient (Wildman–Crippen LogP) is 3.10. The number of ether oxygens (including phenoxy) is 4. The molecular weight excluding hydrogens is 460 g/mol. The van der Waals surface area contributed by atoms with Crippen molar-refractivity contribution in [3.63, 3.8) is 0 Å². The fourth-order valence-corrected chi connectivity index (χ4v) is 6.28. The topological polar surface area (TPSA) is 105 Å². The van der Waals surface area contributed by atoms with Crippen LogP contribution >= 0.6 is 0 Å². The van der Waals surface area contributed by atoms with Crippen molar-refractivity contribution in [1.29, 1.82) is 0 Å². The summed E-state index contributed by atoms with van der Waals surface area (Å²) in [6, 6.07) is 8.28. The zero-order valence-corrected chi connectivity index (χ0v) is 21.0. The van der Waals surface area contributed by atoms with Crippen LogP contribution in [0.15, 0.2) is 47.9 Å². The molecule has 0 saturated carbocycles. The second-order valence-corrected chi connectivity index (χ2v) is 11.8. The van der Waals surface area contributed by atoms with E-state index in [2.05, 4.69) is 6.58 Å². The van der Waals surface area contributed by atoms with E-state index in [1.165, 1.54) is 7.11 Å². The molecule has 1 aromatic carbocycles. The third kappa shape index (κ3) is 6.25. The van der Waals surface area contributed by atoms with Gasteiger partial charge in [0.2, 0.25) is 0 Å². The van der Waals surface area contributed by atoms with E-state index in [0.717, 1.165) is 0 Å². The minimum Gasteiger partial charge on any atom is -0.462 e. The van der Waals surface area contributed by atoms with Crippen molar-refractivity contribution >= 4 is 21.8 Å². The summed E-state index contributed by atoms with van der Waals surface area (Å²) in [5, 5.41) is 0. The third-order valence-corrected chi connectivity index (χ3v) is 7.87. The Balaban J connectivity index is 1.72. The summed E-state index contributed by atoms with van der Waals surface area (Å²) in [4.78, 5) is 25.0. The first-order valence-corrected chi connectivity index (χ1v) is 13.1. The van der Waals surface area contributed by atoms with Gasteiger partial charge in [0.25, 0.3) is 0 Å². The molecule has 0 radical (unpaired) electrons. The molecule has 8 nitrogen and oxygen atoms in total. The zero-order chi connectivity index (χ0) is 25.1. The lowest BCUT2D eigenvalue weighted by Crippen LogP contribution is -2.36. The Morgan fingerprint density at radius 2 is 1.88 bits per heavy atom. The molecule has 0 N–H and O–H groups in total. The Bertz CT molecular complexity index is 982. The molecule has 6 atom stereocenters. The molecule has 0 amide bonds. The molecule has 34 heavy (non-hydrogen) atoms. The van der Waals surface area contributed by atoms with Crippen LogP contribution in [-0.2, 0) is 38.4 Å². The Labute approximate surface area is 201 Å². The van der Waals surface area contributed by atoms with E-state index in [1.54, 1.807) is 57.2 Å². The SMILES string of the molecule is C=CC[C@@H]1O[C@H](C[C@H]2CC(C(=O)OC(C)(C)C)C(=O)O2)[C@H](OC)[C@H]1CS(=O)(=O)c1ccccc1. The van der Waals surface area contributed by atoms with Crippen LogP contribution in [0.3, 0.4) is 0 Å². The maximum atomic E-state index is 13.1. The Kier molecular flexibility index (Phi) is 8.21. The van der Waals surface area contributed by atoms with Crippen molar-refractivity contribution in [2.24, 2.45) is 11.8 Å². The van der Waals surface area contributed by atoms with E-state index >= 15 is 0 Å². The summed E-state index contributed by atoms with van der Waals surface area (Å²) in [5.74, 6) is -2.78. The number of hydrogen-bond donors (Lipinski definition) is 0. The highest BCUT2D eigenvalue weighted by atomic mass is 32.2. The summed E-state index contributed by atoms with van der Waals surface area (Å²) in [5.41, 5.74) is -0.708. The first-order chi connectivity index (χ1) is 15.9. The van der Waals surface area contributed by atoms with Gasteiger partial charge in [-0.1, -0.05) is 24.3 Å². The van der Waals surface area contributed by atoms with Gasteiger partial charge >= 0.3 is 11.9 Å². The molecule has 0 bridgehead atoms. The second kappa shape index (κ2) is 10.6. The van der Waals surface area contributed by atoms with E-state index in [0.29, 0.717) is 12.8 Å². The van der Waals surface area contributed by atoms with Gasteiger partial charge < -0.3 is 18.9 Å². The summed E-state index contributed by atoms with van der Waals surface area (Å²) in [6.45, 7) is 8.98. The molecule has 188 valence electrons.